The number of carbonyl (C=O) groups is 2. The van der Waals surface area contributed by atoms with E-state index in [1.54, 1.807) is 6.08 Å². The molecule has 0 aliphatic carbocycles. The molecular weight excluding hydrogens is 376 g/mol. The highest BCUT2D eigenvalue weighted by atomic mass is 16.5. The van der Waals surface area contributed by atoms with Crippen molar-refractivity contribution in [3.8, 4) is 0 Å². The van der Waals surface area contributed by atoms with Crippen LogP contribution in [0.25, 0.3) is 0 Å². The van der Waals surface area contributed by atoms with Gasteiger partial charge in [0.25, 0.3) is 0 Å². The molecule has 0 aromatic heterocycles. The van der Waals surface area contributed by atoms with Crippen LogP contribution in [0.5, 0.6) is 0 Å². The molecular formula is C26H50O4. The van der Waals surface area contributed by atoms with E-state index in [1.807, 2.05) is 19.9 Å². The van der Waals surface area contributed by atoms with Gasteiger partial charge < -0.3 is 9.47 Å². The number of hydrogen-bond donors (Lipinski definition) is 0. The van der Waals surface area contributed by atoms with Crippen LogP contribution in [0.1, 0.15) is 119 Å². The summed E-state index contributed by atoms with van der Waals surface area (Å²) in [5, 5.41) is 0. The fourth-order valence-corrected chi connectivity index (χ4v) is 2.64. The Hall–Kier alpha value is -1.00. The Bertz CT molecular complexity index is 413. The smallest absolute Gasteiger partial charge is 0.155 e. The normalized spacial score (nSPS) is 11.2. The van der Waals surface area contributed by atoms with Gasteiger partial charge in [-0.2, -0.15) is 0 Å². The molecule has 0 rings (SSSR count). The van der Waals surface area contributed by atoms with Gasteiger partial charge in [-0.25, -0.2) is 0 Å². The molecule has 0 heterocycles. The monoisotopic (exact) mass is 426 g/mol. The number of Topliss-reactive ketones (excluding diaryl/α,β-unsaturated/α-hetero) is 1. The second kappa shape index (κ2) is 24.3. The van der Waals surface area contributed by atoms with Crippen molar-refractivity contribution in [3.63, 3.8) is 0 Å². The number of rotatable bonds is 19. The first kappa shape index (κ1) is 31.2. The van der Waals surface area contributed by atoms with E-state index >= 15 is 0 Å². The summed E-state index contributed by atoms with van der Waals surface area (Å²) >= 11 is 0. The van der Waals surface area contributed by atoms with E-state index in [9.17, 15) is 9.59 Å². The van der Waals surface area contributed by atoms with E-state index in [4.69, 9.17) is 9.47 Å². The van der Waals surface area contributed by atoms with Crippen LogP contribution in [-0.2, 0) is 19.1 Å². The zero-order valence-electron chi connectivity index (χ0n) is 20.8. The molecule has 0 aromatic rings. The van der Waals surface area contributed by atoms with Gasteiger partial charge >= 0.3 is 0 Å². The lowest BCUT2D eigenvalue weighted by molar-refractivity contribution is -0.119. The minimum atomic E-state index is 0.221. The maximum absolute atomic E-state index is 11.0. The molecule has 4 nitrogen and oxygen atoms in total. The van der Waals surface area contributed by atoms with E-state index in [0.717, 1.165) is 51.7 Å². The SMILES string of the molecule is CCC(=O)/C=C/CCCCCOC(C)C.CCC(=O)CCCCCCCOC(C)C. The third-order valence-electron chi connectivity index (χ3n) is 4.56. The Kier molecular flexibility index (Phi) is 25.2. The third-order valence-corrected chi connectivity index (χ3v) is 4.56. The fourth-order valence-electron chi connectivity index (χ4n) is 2.64. The van der Waals surface area contributed by atoms with Gasteiger partial charge in [-0.1, -0.05) is 45.6 Å². The number of allylic oxidation sites excluding steroid dienone is 2. The van der Waals surface area contributed by atoms with Crippen molar-refractivity contribution in [2.45, 2.75) is 131 Å². The molecule has 178 valence electrons. The lowest BCUT2D eigenvalue weighted by Crippen LogP contribution is -2.03. The largest absolute Gasteiger partial charge is 0.379 e. The number of hydrogen-bond acceptors (Lipinski definition) is 4. The van der Waals surface area contributed by atoms with Gasteiger partial charge in [-0.05, 0) is 65.9 Å². The Morgan fingerprint density at radius 2 is 1.20 bits per heavy atom. The van der Waals surface area contributed by atoms with Crippen molar-refractivity contribution >= 4 is 11.6 Å². The molecule has 0 spiro atoms. The molecule has 0 radical (unpaired) electrons. The first-order chi connectivity index (χ1) is 14.3. The van der Waals surface area contributed by atoms with E-state index in [1.165, 1.54) is 25.7 Å². The first-order valence-corrected chi connectivity index (χ1v) is 12.3. The lowest BCUT2D eigenvalue weighted by Gasteiger charge is -2.06. The van der Waals surface area contributed by atoms with Crippen LogP contribution in [0.2, 0.25) is 0 Å². The zero-order chi connectivity index (χ0) is 23.0. The van der Waals surface area contributed by atoms with Crippen molar-refractivity contribution in [1.29, 1.82) is 0 Å². The van der Waals surface area contributed by atoms with Crippen molar-refractivity contribution < 1.29 is 19.1 Å². The Morgan fingerprint density at radius 1 is 0.700 bits per heavy atom. The molecule has 4 heteroatoms. The summed E-state index contributed by atoms with van der Waals surface area (Å²) in [6.07, 6.45) is 16.8. The Labute approximate surface area is 187 Å². The Balaban J connectivity index is 0. The molecule has 0 fully saturated rings. The lowest BCUT2D eigenvalue weighted by atomic mass is 10.1. The van der Waals surface area contributed by atoms with Crippen LogP contribution < -0.4 is 0 Å². The highest BCUT2D eigenvalue weighted by Gasteiger charge is 1.98. The summed E-state index contributed by atoms with van der Waals surface area (Å²) in [5.74, 6) is 0.622. The van der Waals surface area contributed by atoms with Gasteiger partial charge in [0.1, 0.15) is 5.78 Å². The van der Waals surface area contributed by atoms with Crippen molar-refractivity contribution in [2.24, 2.45) is 0 Å². The van der Waals surface area contributed by atoms with Gasteiger partial charge in [0.05, 0.1) is 12.2 Å². The molecule has 0 atom stereocenters. The van der Waals surface area contributed by atoms with Crippen LogP contribution in [0.3, 0.4) is 0 Å². The molecule has 0 aliphatic rings. The summed E-state index contributed by atoms with van der Waals surface area (Å²) in [4.78, 5) is 21.9. The van der Waals surface area contributed by atoms with Crippen LogP contribution in [0, 0.1) is 0 Å². The summed E-state index contributed by atoms with van der Waals surface area (Å²) in [5.41, 5.74) is 0. The zero-order valence-corrected chi connectivity index (χ0v) is 20.8. The van der Waals surface area contributed by atoms with Gasteiger partial charge in [0.2, 0.25) is 0 Å². The van der Waals surface area contributed by atoms with Gasteiger partial charge in [-0.15, -0.1) is 0 Å². The number of unbranched alkanes of at least 4 members (excludes halogenated alkanes) is 7. The molecule has 0 aliphatic heterocycles. The quantitative estimate of drug-likeness (QED) is 0.161. The molecule has 0 saturated heterocycles. The minimum absolute atomic E-state index is 0.221. The standard InChI is InChI=1S/C13H26O2.C13H24O2/c2*1-4-13(14)10-8-6-5-7-9-11-15-12(2)3/h12H,4-11H2,1-3H3;8,10,12H,4-7,9,11H2,1-3H3/b;10-8+. The number of ether oxygens (including phenoxy) is 2. The Morgan fingerprint density at radius 3 is 1.70 bits per heavy atom. The predicted molar refractivity (Wildman–Crippen MR) is 128 cm³/mol. The summed E-state index contributed by atoms with van der Waals surface area (Å²) in [6, 6.07) is 0. The molecule has 0 aromatic carbocycles. The average molecular weight is 427 g/mol. The fraction of sp³-hybridized carbons (Fsp3) is 0.846. The van der Waals surface area contributed by atoms with Crippen LogP contribution >= 0.6 is 0 Å². The molecule has 0 amide bonds. The van der Waals surface area contributed by atoms with E-state index < -0.39 is 0 Å². The van der Waals surface area contributed by atoms with Crippen molar-refractivity contribution in [1.82, 2.24) is 0 Å². The molecule has 0 unspecified atom stereocenters. The number of ketones is 2. The van der Waals surface area contributed by atoms with Crippen LogP contribution in [0.4, 0.5) is 0 Å². The predicted octanol–water partition coefficient (Wildman–Crippen LogP) is 7.24. The van der Waals surface area contributed by atoms with Crippen LogP contribution in [-0.4, -0.2) is 37.0 Å². The maximum Gasteiger partial charge on any atom is 0.155 e. The topological polar surface area (TPSA) is 52.6 Å². The molecule has 30 heavy (non-hydrogen) atoms. The van der Waals surface area contributed by atoms with Crippen LogP contribution in [0.15, 0.2) is 12.2 Å². The summed E-state index contributed by atoms with van der Waals surface area (Å²) in [6.45, 7) is 13.8. The molecule has 0 saturated carbocycles. The second-order valence-corrected chi connectivity index (χ2v) is 8.32. The van der Waals surface area contributed by atoms with Crippen molar-refractivity contribution in [3.05, 3.63) is 12.2 Å². The average Bonchev–Trinajstić information content (AvgIpc) is 2.71. The summed E-state index contributed by atoms with van der Waals surface area (Å²) < 4.78 is 10.9. The second-order valence-electron chi connectivity index (χ2n) is 8.32. The van der Waals surface area contributed by atoms with E-state index in [0.29, 0.717) is 30.8 Å². The summed E-state index contributed by atoms with van der Waals surface area (Å²) in [7, 11) is 0. The molecule has 0 bridgehead atoms. The maximum atomic E-state index is 11.0. The van der Waals surface area contributed by atoms with Gasteiger partial charge in [-0.3, -0.25) is 9.59 Å². The van der Waals surface area contributed by atoms with Crippen molar-refractivity contribution in [2.75, 3.05) is 13.2 Å². The number of carbonyl (C=O) groups excluding carboxylic acids is 2. The first-order valence-electron chi connectivity index (χ1n) is 12.3. The third kappa shape index (κ3) is 29.2. The molecule has 0 N–H and O–H groups in total. The van der Waals surface area contributed by atoms with Gasteiger partial charge in [0.15, 0.2) is 5.78 Å². The van der Waals surface area contributed by atoms with Gasteiger partial charge in [0, 0.05) is 32.5 Å². The van der Waals surface area contributed by atoms with E-state index in [2.05, 4.69) is 27.7 Å². The highest BCUT2D eigenvalue weighted by molar-refractivity contribution is 5.89. The minimum Gasteiger partial charge on any atom is -0.379 e. The highest BCUT2D eigenvalue weighted by Crippen LogP contribution is 2.07. The van der Waals surface area contributed by atoms with E-state index in [-0.39, 0.29) is 5.78 Å².